The zero-order chi connectivity index (χ0) is 20.0. The highest BCUT2D eigenvalue weighted by Crippen LogP contribution is 2.48. The number of methoxy groups -OCH3 is 1. The molecule has 154 valence electrons. The standard InChI is InChI=1S/C19H21N3O5S2/c1-25-12-6-10(7-13-16(12)27-9-26-13)17-15-18(20-14(23)8-29-17)22(21-19(15)24)11-2-4-28-5-3-11/h6-7,11,17H,2-5,8-9H2,1H3,(H,20,23)(H,21,24)/t17-/m0/s1. The summed E-state index contributed by atoms with van der Waals surface area (Å²) in [5.41, 5.74) is 1.24. The lowest BCUT2D eigenvalue weighted by Gasteiger charge is -2.24. The van der Waals surface area contributed by atoms with Gasteiger partial charge in [-0.05, 0) is 42.0 Å². The SMILES string of the molecule is COc1cc([C@@H]2SCC(=O)Nc3c2c(=O)[nH]n3C2CCSCC2)cc2c1OCO2. The Hall–Kier alpha value is -2.20. The molecule has 8 nitrogen and oxygen atoms in total. The van der Waals surface area contributed by atoms with E-state index in [-0.39, 0.29) is 35.3 Å². The van der Waals surface area contributed by atoms with Crippen LogP contribution >= 0.6 is 23.5 Å². The second kappa shape index (κ2) is 7.56. The van der Waals surface area contributed by atoms with E-state index in [0.717, 1.165) is 29.9 Å². The largest absolute Gasteiger partial charge is 0.493 e. The van der Waals surface area contributed by atoms with Crippen LogP contribution in [0.4, 0.5) is 5.82 Å². The molecule has 29 heavy (non-hydrogen) atoms. The van der Waals surface area contributed by atoms with E-state index < -0.39 is 0 Å². The Morgan fingerprint density at radius 3 is 2.83 bits per heavy atom. The van der Waals surface area contributed by atoms with Crippen molar-refractivity contribution in [2.75, 3.05) is 36.5 Å². The van der Waals surface area contributed by atoms with Gasteiger partial charge in [-0.2, -0.15) is 11.8 Å². The van der Waals surface area contributed by atoms with Crippen molar-refractivity contribution in [1.82, 2.24) is 9.78 Å². The smallest absolute Gasteiger partial charge is 0.270 e. The van der Waals surface area contributed by atoms with Crippen molar-refractivity contribution in [3.05, 3.63) is 33.6 Å². The van der Waals surface area contributed by atoms with Crippen LogP contribution < -0.4 is 25.1 Å². The van der Waals surface area contributed by atoms with Crippen LogP contribution in [0, 0.1) is 0 Å². The number of nitrogens with one attached hydrogen (secondary N) is 2. The number of hydrogen-bond donors (Lipinski definition) is 2. The highest BCUT2D eigenvalue weighted by molar-refractivity contribution is 8.00. The number of benzene rings is 1. The van der Waals surface area contributed by atoms with E-state index >= 15 is 0 Å². The molecular formula is C19H21N3O5S2. The van der Waals surface area contributed by atoms with Gasteiger partial charge in [-0.25, -0.2) is 0 Å². The normalized spacial score (nSPS) is 21.4. The summed E-state index contributed by atoms with van der Waals surface area (Å²) in [6, 6.07) is 3.91. The molecule has 1 fully saturated rings. The second-order valence-electron chi connectivity index (χ2n) is 7.11. The summed E-state index contributed by atoms with van der Waals surface area (Å²) in [4.78, 5) is 25.5. The van der Waals surface area contributed by atoms with Crippen LogP contribution in [-0.2, 0) is 4.79 Å². The van der Waals surface area contributed by atoms with Crippen LogP contribution in [0.1, 0.15) is 35.3 Å². The molecule has 0 spiro atoms. The predicted molar refractivity (Wildman–Crippen MR) is 113 cm³/mol. The predicted octanol–water partition coefficient (Wildman–Crippen LogP) is 2.76. The first-order valence-corrected chi connectivity index (χ1v) is 11.7. The third kappa shape index (κ3) is 3.28. The number of anilines is 1. The van der Waals surface area contributed by atoms with Gasteiger partial charge in [0.05, 0.1) is 29.7 Å². The Morgan fingerprint density at radius 1 is 1.21 bits per heavy atom. The topological polar surface area (TPSA) is 94.6 Å². The van der Waals surface area contributed by atoms with Crippen molar-refractivity contribution in [1.29, 1.82) is 0 Å². The zero-order valence-corrected chi connectivity index (χ0v) is 17.5. The van der Waals surface area contributed by atoms with Crippen LogP contribution in [0.2, 0.25) is 0 Å². The van der Waals surface area contributed by atoms with E-state index in [9.17, 15) is 9.59 Å². The monoisotopic (exact) mass is 435 g/mol. The number of thioether (sulfide) groups is 2. The highest BCUT2D eigenvalue weighted by atomic mass is 32.2. The molecule has 0 aliphatic carbocycles. The van der Waals surface area contributed by atoms with Crippen LogP contribution in [0.15, 0.2) is 16.9 Å². The molecule has 1 saturated heterocycles. The number of aromatic nitrogens is 2. The van der Waals surface area contributed by atoms with Gasteiger partial charge in [-0.3, -0.25) is 19.4 Å². The van der Waals surface area contributed by atoms with Crippen LogP contribution in [0.5, 0.6) is 17.2 Å². The number of aromatic amines is 1. The summed E-state index contributed by atoms with van der Waals surface area (Å²) in [6.07, 6.45) is 1.93. The summed E-state index contributed by atoms with van der Waals surface area (Å²) < 4.78 is 18.4. The number of carbonyl (C=O) groups excluding carboxylic acids is 1. The molecule has 1 amide bonds. The number of hydrogen-bond acceptors (Lipinski definition) is 7. The lowest BCUT2D eigenvalue weighted by molar-refractivity contribution is -0.113. The molecule has 1 aromatic heterocycles. The van der Waals surface area contributed by atoms with Gasteiger partial charge in [0.1, 0.15) is 5.82 Å². The summed E-state index contributed by atoms with van der Waals surface area (Å²) in [6.45, 7) is 0.134. The average Bonchev–Trinajstić information content (AvgIpc) is 3.28. The Bertz CT molecular complexity index is 1010. The molecular weight excluding hydrogens is 414 g/mol. The summed E-state index contributed by atoms with van der Waals surface area (Å²) in [7, 11) is 1.57. The van der Waals surface area contributed by atoms with Crippen LogP contribution in [0.3, 0.4) is 0 Å². The van der Waals surface area contributed by atoms with E-state index in [1.165, 1.54) is 11.8 Å². The number of nitrogens with zero attached hydrogens (tertiary/aromatic N) is 1. The fraction of sp³-hybridized carbons (Fsp3) is 0.474. The fourth-order valence-corrected chi connectivity index (χ4v) is 6.21. The van der Waals surface area contributed by atoms with Crippen molar-refractivity contribution in [2.45, 2.75) is 24.1 Å². The Kier molecular flexibility index (Phi) is 4.91. The molecule has 1 atom stereocenters. The number of carbonyl (C=O) groups is 1. The minimum Gasteiger partial charge on any atom is -0.493 e. The maximum absolute atomic E-state index is 13.0. The van der Waals surface area contributed by atoms with Gasteiger partial charge in [0.15, 0.2) is 11.5 Å². The Labute approximate surface area is 175 Å². The molecule has 0 unspecified atom stereocenters. The molecule has 0 bridgehead atoms. The molecule has 10 heteroatoms. The Morgan fingerprint density at radius 2 is 2.03 bits per heavy atom. The molecule has 1 aromatic carbocycles. The quantitative estimate of drug-likeness (QED) is 0.766. The molecule has 3 aliphatic heterocycles. The minimum absolute atomic E-state index is 0.107. The van der Waals surface area contributed by atoms with E-state index in [1.54, 1.807) is 7.11 Å². The third-order valence-corrected chi connectivity index (χ3v) is 7.72. The molecule has 2 N–H and O–H groups in total. The first-order valence-electron chi connectivity index (χ1n) is 9.47. The van der Waals surface area contributed by atoms with Crippen LogP contribution in [-0.4, -0.2) is 46.8 Å². The van der Waals surface area contributed by atoms with Crippen molar-refractivity contribution in [3.63, 3.8) is 0 Å². The van der Waals surface area contributed by atoms with Crippen molar-refractivity contribution < 1.29 is 19.0 Å². The molecule has 3 aliphatic rings. The average molecular weight is 436 g/mol. The summed E-state index contributed by atoms with van der Waals surface area (Å²) in [5, 5.41) is 5.63. The maximum Gasteiger partial charge on any atom is 0.270 e. The maximum atomic E-state index is 13.0. The van der Waals surface area contributed by atoms with Gasteiger partial charge in [-0.1, -0.05) is 0 Å². The number of rotatable bonds is 3. The first kappa shape index (κ1) is 18.8. The molecule has 5 rings (SSSR count). The Balaban J connectivity index is 1.62. The fourth-order valence-electron chi connectivity index (χ4n) is 4.03. The van der Waals surface area contributed by atoms with E-state index in [1.807, 2.05) is 28.6 Å². The van der Waals surface area contributed by atoms with Crippen molar-refractivity contribution >= 4 is 35.2 Å². The molecule has 0 radical (unpaired) electrons. The number of amides is 1. The molecule has 2 aromatic rings. The van der Waals surface area contributed by atoms with E-state index in [0.29, 0.717) is 28.6 Å². The lowest BCUT2D eigenvalue weighted by atomic mass is 10.0. The zero-order valence-electron chi connectivity index (χ0n) is 15.9. The van der Waals surface area contributed by atoms with Gasteiger partial charge >= 0.3 is 0 Å². The van der Waals surface area contributed by atoms with Gasteiger partial charge in [0.25, 0.3) is 5.56 Å². The van der Waals surface area contributed by atoms with E-state index in [4.69, 9.17) is 14.2 Å². The van der Waals surface area contributed by atoms with Gasteiger partial charge in [0.2, 0.25) is 18.4 Å². The number of ether oxygens (including phenoxy) is 3. The van der Waals surface area contributed by atoms with Gasteiger partial charge < -0.3 is 19.5 Å². The summed E-state index contributed by atoms with van der Waals surface area (Å²) in [5.74, 6) is 4.54. The third-order valence-electron chi connectivity index (χ3n) is 5.40. The minimum atomic E-state index is -0.324. The molecule has 0 saturated carbocycles. The van der Waals surface area contributed by atoms with Crippen molar-refractivity contribution in [2.24, 2.45) is 0 Å². The van der Waals surface area contributed by atoms with Gasteiger partial charge in [-0.15, -0.1) is 11.8 Å². The highest BCUT2D eigenvalue weighted by Gasteiger charge is 2.34. The first-order chi connectivity index (χ1) is 14.2. The molecule has 4 heterocycles. The number of fused-ring (bicyclic) bond motifs is 2. The van der Waals surface area contributed by atoms with E-state index in [2.05, 4.69) is 10.4 Å². The number of H-pyrrole nitrogens is 1. The summed E-state index contributed by atoms with van der Waals surface area (Å²) >= 11 is 3.34. The van der Waals surface area contributed by atoms with Gasteiger partial charge in [0, 0.05) is 0 Å². The van der Waals surface area contributed by atoms with Crippen molar-refractivity contribution in [3.8, 4) is 17.2 Å². The lowest BCUT2D eigenvalue weighted by Crippen LogP contribution is -2.22. The van der Waals surface area contributed by atoms with Crippen LogP contribution in [0.25, 0.3) is 0 Å². The second-order valence-corrected chi connectivity index (χ2v) is 9.43.